The Balaban J connectivity index is 2.30. The fraction of sp³-hybridized carbons (Fsp3) is 1.00. The van der Waals surface area contributed by atoms with Gasteiger partial charge in [0.25, 0.3) is 10.2 Å². The molecule has 0 bridgehead atoms. The van der Waals surface area contributed by atoms with Gasteiger partial charge in [-0.25, -0.2) is 4.72 Å². The summed E-state index contributed by atoms with van der Waals surface area (Å²) >= 11 is 0. The number of hydrogen-bond donors (Lipinski definition) is 2. The summed E-state index contributed by atoms with van der Waals surface area (Å²) in [6, 6.07) is 0. The van der Waals surface area contributed by atoms with Gasteiger partial charge in [-0.3, -0.25) is 0 Å². The number of hydrogen-bond acceptors (Lipinski definition) is 3. The largest absolute Gasteiger partial charge is 0.393 e. The minimum Gasteiger partial charge on any atom is -0.393 e. The van der Waals surface area contributed by atoms with Crippen molar-refractivity contribution >= 4 is 10.2 Å². The lowest BCUT2D eigenvalue weighted by Crippen LogP contribution is -2.39. The molecule has 1 saturated heterocycles. The van der Waals surface area contributed by atoms with Crippen LogP contribution in [0, 0.1) is 0 Å². The molecule has 90 valence electrons. The van der Waals surface area contributed by atoms with Crippen LogP contribution in [0.5, 0.6) is 0 Å². The molecular formula is C9H20N2O3S. The van der Waals surface area contributed by atoms with Gasteiger partial charge in [0.1, 0.15) is 0 Å². The van der Waals surface area contributed by atoms with Gasteiger partial charge in [0.2, 0.25) is 0 Å². The summed E-state index contributed by atoms with van der Waals surface area (Å²) in [4.78, 5) is 0. The smallest absolute Gasteiger partial charge is 0.279 e. The Kier molecular flexibility index (Phi) is 4.98. The van der Waals surface area contributed by atoms with Crippen molar-refractivity contribution in [1.82, 2.24) is 9.03 Å². The van der Waals surface area contributed by atoms with Gasteiger partial charge in [0, 0.05) is 19.6 Å². The van der Waals surface area contributed by atoms with Crippen molar-refractivity contribution in [3.63, 3.8) is 0 Å². The monoisotopic (exact) mass is 236 g/mol. The molecule has 1 rings (SSSR count). The van der Waals surface area contributed by atoms with Crippen molar-refractivity contribution in [2.24, 2.45) is 0 Å². The van der Waals surface area contributed by atoms with Crippen LogP contribution in [-0.2, 0) is 10.2 Å². The van der Waals surface area contributed by atoms with Crippen LogP contribution in [0.15, 0.2) is 0 Å². The van der Waals surface area contributed by atoms with Crippen molar-refractivity contribution in [1.29, 1.82) is 0 Å². The van der Waals surface area contributed by atoms with Gasteiger partial charge in [-0.2, -0.15) is 12.7 Å². The van der Waals surface area contributed by atoms with Crippen molar-refractivity contribution in [3.8, 4) is 0 Å². The summed E-state index contributed by atoms with van der Waals surface area (Å²) in [7, 11) is -3.29. The van der Waals surface area contributed by atoms with E-state index in [4.69, 9.17) is 0 Å². The van der Waals surface area contributed by atoms with E-state index in [0.717, 1.165) is 12.8 Å². The van der Waals surface area contributed by atoms with Crippen LogP contribution in [0.4, 0.5) is 0 Å². The Morgan fingerprint density at radius 3 is 2.53 bits per heavy atom. The SMILES string of the molecule is CCC(O)CCNS(=O)(=O)N1CCCC1. The van der Waals surface area contributed by atoms with E-state index in [1.54, 1.807) is 0 Å². The van der Waals surface area contributed by atoms with Gasteiger partial charge < -0.3 is 5.11 Å². The van der Waals surface area contributed by atoms with Gasteiger partial charge in [0.15, 0.2) is 0 Å². The summed E-state index contributed by atoms with van der Waals surface area (Å²) < 4.78 is 27.2. The Morgan fingerprint density at radius 2 is 2.00 bits per heavy atom. The number of aliphatic hydroxyl groups is 1. The molecule has 1 aliphatic heterocycles. The molecule has 0 saturated carbocycles. The summed E-state index contributed by atoms with van der Waals surface area (Å²) in [5.74, 6) is 0. The second-order valence-corrected chi connectivity index (χ2v) is 5.61. The van der Waals surface area contributed by atoms with Crippen molar-refractivity contribution in [3.05, 3.63) is 0 Å². The maximum atomic E-state index is 11.6. The molecule has 1 aliphatic rings. The van der Waals surface area contributed by atoms with Gasteiger partial charge in [0.05, 0.1) is 6.10 Å². The fourth-order valence-corrected chi connectivity index (χ4v) is 2.88. The Bertz CT molecular complexity index is 273. The van der Waals surface area contributed by atoms with E-state index in [0.29, 0.717) is 32.5 Å². The highest BCUT2D eigenvalue weighted by molar-refractivity contribution is 7.87. The molecule has 0 radical (unpaired) electrons. The van der Waals surface area contributed by atoms with Crippen LogP contribution in [-0.4, -0.2) is 43.6 Å². The molecule has 0 aromatic carbocycles. The third kappa shape index (κ3) is 4.06. The van der Waals surface area contributed by atoms with Crippen LogP contribution in [0.3, 0.4) is 0 Å². The average Bonchev–Trinajstić information content (AvgIpc) is 2.70. The molecule has 0 aliphatic carbocycles. The van der Waals surface area contributed by atoms with Crippen LogP contribution in [0.25, 0.3) is 0 Å². The van der Waals surface area contributed by atoms with E-state index < -0.39 is 16.3 Å². The summed E-state index contributed by atoms with van der Waals surface area (Å²) in [5, 5.41) is 9.27. The molecule has 0 spiro atoms. The normalized spacial score (nSPS) is 20.7. The van der Waals surface area contributed by atoms with Gasteiger partial charge in [-0.05, 0) is 25.7 Å². The van der Waals surface area contributed by atoms with Crippen molar-refractivity contribution in [2.75, 3.05) is 19.6 Å². The Labute approximate surface area is 91.7 Å². The highest BCUT2D eigenvalue weighted by Gasteiger charge is 2.24. The molecule has 2 N–H and O–H groups in total. The number of aliphatic hydroxyl groups excluding tert-OH is 1. The van der Waals surface area contributed by atoms with E-state index in [2.05, 4.69) is 4.72 Å². The first-order valence-electron chi connectivity index (χ1n) is 5.49. The van der Waals surface area contributed by atoms with Gasteiger partial charge in [-0.1, -0.05) is 6.92 Å². The topological polar surface area (TPSA) is 69.6 Å². The lowest BCUT2D eigenvalue weighted by molar-refractivity contribution is 0.161. The molecule has 5 nitrogen and oxygen atoms in total. The fourth-order valence-electron chi connectivity index (χ4n) is 1.58. The van der Waals surface area contributed by atoms with E-state index in [1.165, 1.54) is 4.31 Å². The van der Waals surface area contributed by atoms with E-state index >= 15 is 0 Å². The lowest BCUT2D eigenvalue weighted by Gasteiger charge is -2.16. The highest BCUT2D eigenvalue weighted by atomic mass is 32.2. The average molecular weight is 236 g/mol. The maximum absolute atomic E-state index is 11.6. The molecule has 0 aromatic heterocycles. The van der Waals surface area contributed by atoms with E-state index in [1.807, 2.05) is 6.92 Å². The summed E-state index contributed by atoms with van der Waals surface area (Å²) in [6.07, 6.45) is 2.61. The first-order chi connectivity index (χ1) is 7.06. The minimum absolute atomic E-state index is 0.313. The summed E-state index contributed by atoms with van der Waals surface area (Å²) in [5.41, 5.74) is 0. The Morgan fingerprint density at radius 1 is 1.40 bits per heavy atom. The van der Waals surface area contributed by atoms with Gasteiger partial charge in [-0.15, -0.1) is 0 Å². The van der Waals surface area contributed by atoms with E-state index in [-0.39, 0.29) is 0 Å². The molecule has 1 unspecified atom stereocenters. The first-order valence-corrected chi connectivity index (χ1v) is 6.93. The van der Waals surface area contributed by atoms with Crippen LogP contribution < -0.4 is 4.72 Å². The predicted octanol–water partition coefficient (Wildman–Crippen LogP) is 0.0776. The molecule has 0 amide bonds. The molecule has 1 fully saturated rings. The van der Waals surface area contributed by atoms with Crippen LogP contribution in [0.2, 0.25) is 0 Å². The number of rotatable bonds is 6. The molecule has 15 heavy (non-hydrogen) atoms. The van der Waals surface area contributed by atoms with E-state index in [9.17, 15) is 13.5 Å². The van der Waals surface area contributed by atoms with Crippen molar-refractivity contribution < 1.29 is 13.5 Å². The molecular weight excluding hydrogens is 216 g/mol. The quantitative estimate of drug-likeness (QED) is 0.686. The minimum atomic E-state index is -3.29. The first kappa shape index (κ1) is 12.9. The molecule has 6 heteroatoms. The predicted molar refractivity (Wildman–Crippen MR) is 58.6 cm³/mol. The van der Waals surface area contributed by atoms with Crippen LogP contribution >= 0.6 is 0 Å². The Hall–Kier alpha value is -0.170. The molecule has 1 heterocycles. The summed E-state index contributed by atoms with van der Waals surface area (Å²) in [6.45, 7) is 3.42. The number of nitrogens with zero attached hydrogens (tertiary/aromatic N) is 1. The lowest BCUT2D eigenvalue weighted by atomic mass is 10.2. The second-order valence-electron chi connectivity index (χ2n) is 3.86. The second kappa shape index (κ2) is 5.79. The maximum Gasteiger partial charge on any atom is 0.279 e. The standard InChI is InChI=1S/C9H20N2O3S/c1-2-9(12)5-6-10-15(13,14)11-7-3-4-8-11/h9-10,12H,2-8H2,1H3. The number of nitrogens with one attached hydrogen (secondary N) is 1. The zero-order valence-electron chi connectivity index (χ0n) is 9.15. The van der Waals surface area contributed by atoms with Crippen LogP contribution in [0.1, 0.15) is 32.6 Å². The zero-order valence-corrected chi connectivity index (χ0v) is 9.96. The van der Waals surface area contributed by atoms with Crippen molar-refractivity contribution in [2.45, 2.75) is 38.7 Å². The van der Waals surface area contributed by atoms with Gasteiger partial charge >= 0.3 is 0 Å². The third-order valence-corrected chi connectivity index (χ3v) is 4.25. The highest BCUT2D eigenvalue weighted by Crippen LogP contribution is 2.11. The molecule has 0 aromatic rings. The zero-order chi connectivity index (χ0) is 11.3. The molecule has 1 atom stereocenters. The third-order valence-electron chi connectivity index (χ3n) is 2.64.